The minimum atomic E-state index is -0.833. The number of nitrogens with one attached hydrogen (secondary N) is 2. The molecule has 100 valence electrons. The van der Waals surface area contributed by atoms with Gasteiger partial charge in [-0.1, -0.05) is 19.1 Å². The molecular weight excluding hydrogens is 232 g/mol. The minimum absolute atomic E-state index is 0.162. The third-order valence-electron chi connectivity index (χ3n) is 3.75. The molecule has 4 unspecified atom stereocenters. The number of hydrogen-bond acceptors (Lipinski definition) is 2. The van der Waals surface area contributed by atoms with Gasteiger partial charge in [0.25, 0.3) is 0 Å². The van der Waals surface area contributed by atoms with E-state index in [1.807, 2.05) is 0 Å². The van der Waals surface area contributed by atoms with E-state index in [0.29, 0.717) is 12.3 Å². The molecular formula is C13H20N2O3. The second-order valence-corrected chi connectivity index (χ2v) is 5.40. The summed E-state index contributed by atoms with van der Waals surface area (Å²) in [7, 11) is 0. The molecule has 0 heterocycles. The smallest absolute Gasteiger partial charge is 0.315 e. The molecule has 5 nitrogen and oxygen atoms in total. The van der Waals surface area contributed by atoms with Crippen LogP contribution >= 0.6 is 0 Å². The molecule has 18 heavy (non-hydrogen) atoms. The zero-order valence-corrected chi connectivity index (χ0v) is 10.6. The molecule has 0 radical (unpaired) electrons. The fraction of sp³-hybridized carbons (Fsp3) is 0.692. The number of amides is 2. The van der Waals surface area contributed by atoms with Gasteiger partial charge in [-0.2, -0.15) is 0 Å². The summed E-state index contributed by atoms with van der Waals surface area (Å²) in [4.78, 5) is 22.5. The predicted molar refractivity (Wildman–Crippen MR) is 67.1 cm³/mol. The first-order valence-electron chi connectivity index (χ1n) is 6.52. The largest absolute Gasteiger partial charge is 0.481 e. The Bertz CT molecular complexity index is 367. The molecule has 2 rings (SSSR count). The van der Waals surface area contributed by atoms with Crippen molar-refractivity contribution in [2.45, 2.75) is 44.7 Å². The predicted octanol–water partition coefficient (Wildman–Crippen LogP) is 1.50. The van der Waals surface area contributed by atoms with E-state index in [9.17, 15) is 9.59 Å². The highest BCUT2D eigenvalue weighted by molar-refractivity contribution is 5.76. The normalized spacial score (nSPS) is 34.5. The summed E-state index contributed by atoms with van der Waals surface area (Å²) < 4.78 is 0. The quantitative estimate of drug-likeness (QED) is 0.666. The summed E-state index contributed by atoms with van der Waals surface area (Å²) in [6.07, 6.45) is 7.08. The molecule has 1 fully saturated rings. The van der Waals surface area contributed by atoms with E-state index in [1.165, 1.54) is 0 Å². The Kier molecular flexibility index (Phi) is 3.89. The SMILES string of the molecule is CC1CCC(NC(=O)NC2C=CC(C(=O)O)C2)C1. The molecule has 0 aromatic rings. The molecule has 2 amide bonds. The highest BCUT2D eigenvalue weighted by Crippen LogP contribution is 2.24. The number of carbonyl (C=O) groups is 2. The average molecular weight is 252 g/mol. The summed E-state index contributed by atoms with van der Waals surface area (Å²) in [5.74, 6) is -0.625. The van der Waals surface area contributed by atoms with Crippen LogP contribution < -0.4 is 10.6 Å². The van der Waals surface area contributed by atoms with E-state index in [0.717, 1.165) is 19.3 Å². The Morgan fingerprint density at radius 2 is 1.94 bits per heavy atom. The molecule has 0 aromatic heterocycles. The molecule has 5 heteroatoms. The molecule has 0 saturated heterocycles. The van der Waals surface area contributed by atoms with Crippen molar-refractivity contribution < 1.29 is 14.7 Å². The van der Waals surface area contributed by atoms with Gasteiger partial charge in [0, 0.05) is 6.04 Å². The standard InChI is InChI=1S/C13H20N2O3/c1-8-2-4-10(6-8)14-13(18)15-11-5-3-9(7-11)12(16)17/h3,5,8-11H,2,4,6-7H2,1H3,(H,16,17)(H2,14,15,18). The second kappa shape index (κ2) is 5.42. The van der Waals surface area contributed by atoms with Gasteiger partial charge in [0.2, 0.25) is 0 Å². The topological polar surface area (TPSA) is 78.4 Å². The maximum Gasteiger partial charge on any atom is 0.315 e. The van der Waals surface area contributed by atoms with Crippen molar-refractivity contribution in [1.82, 2.24) is 10.6 Å². The Hall–Kier alpha value is -1.52. The third-order valence-corrected chi connectivity index (χ3v) is 3.75. The number of urea groups is 1. The van der Waals surface area contributed by atoms with Gasteiger partial charge < -0.3 is 15.7 Å². The number of rotatable bonds is 3. The van der Waals surface area contributed by atoms with Crippen LogP contribution in [0.1, 0.15) is 32.6 Å². The highest BCUT2D eigenvalue weighted by Gasteiger charge is 2.27. The first kappa shape index (κ1) is 12.9. The zero-order chi connectivity index (χ0) is 13.1. The minimum Gasteiger partial charge on any atom is -0.481 e. The van der Waals surface area contributed by atoms with E-state index in [2.05, 4.69) is 17.6 Å². The monoisotopic (exact) mass is 252 g/mol. The Balaban J connectivity index is 1.72. The summed E-state index contributed by atoms with van der Waals surface area (Å²) in [5.41, 5.74) is 0. The molecule has 2 aliphatic carbocycles. The van der Waals surface area contributed by atoms with Gasteiger partial charge >= 0.3 is 12.0 Å². The van der Waals surface area contributed by atoms with Crippen molar-refractivity contribution in [3.63, 3.8) is 0 Å². The first-order chi connectivity index (χ1) is 8.54. The lowest BCUT2D eigenvalue weighted by molar-refractivity contribution is -0.140. The van der Waals surface area contributed by atoms with Crippen molar-refractivity contribution >= 4 is 12.0 Å². The number of carboxylic acid groups (broad SMARTS) is 1. The summed E-state index contributed by atoms with van der Waals surface area (Å²) in [5, 5.41) is 14.6. The van der Waals surface area contributed by atoms with Crippen molar-refractivity contribution in [3.8, 4) is 0 Å². The van der Waals surface area contributed by atoms with Crippen LogP contribution in [0.15, 0.2) is 12.2 Å². The summed E-state index contributed by atoms with van der Waals surface area (Å²) in [6, 6.07) is -0.0830. The maximum absolute atomic E-state index is 11.7. The van der Waals surface area contributed by atoms with Crippen LogP contribution in [0.4, 0.5) is 4.79 Å². The third kappa shape index (κ3) is 3.24. The van der Waals surface area contributed by atoms with E-state index in [1.54, 1.807) is 12.2 Å². The zero-order valence-electron chi connectivity index (χ0n) is 10.6. The van der Waals surface area contributed by atoms with Crippen molar-refractivity contribution in [2.75, 3.05) is 0 Å². The number of hydrogen-bond donors (Lipinski definition) is 3. The van der Waals surface area contributed by atoms with Crippen LogP contribution in [-0.4, -0.2) is 29.2 Å². The van der Waals surface area contributed by atoms with E-state index >= 15 is 0 Å². The van der Waals surface area contributed by atoms with E-state index in [4.69, 9.17) is 5.11 Å². The van der Waals surface area contributed by atoms with Crippen molar-refractivity contribution in [2.24, 2.45) is 11.8 Å². The molecule has 2 aliphatic rings. The van der Waals surface area contributed by atoms with Crippen LogP contribution in [0.5, 0.6) is 0 Å². The maximum atomic E-state index is 11.7. The van der Waals surface area contributed by atoms with Gasteiger partial charge in [0.15, 0.2) is 0 Å². The Morgan fingerprint density at radius 1 is 1.17 bits per heavy atom. The van der Waals surface area contributed by atoms with Gasteiger partial charge in [-0.25, -0.2) is 4.79 Å². The van der Waals surface area contributed by atoms with Crippen LogP contribution in [0.25, 0.3) is 0 Å². The average Bonchev–Trinajstić information content (AvgIpc) is 2.88. The van der Waals surface area contributed by atoms with Crippen LogP contribution in [-0.2, 0) is 4.79 Å². The Morgan fingerprint density at radius 3 is 2.50 bits per heavy atom. The van der Waals surface area contributed by atoms with Crippen molar-refractivity contribution in [3.05, 3.63) is 12.2 Å². The van der Waals surface area contributed by atoms with Gasteiger partial charge in [0.1, 0.15) is 0 Å². The molecule has 0 bridgehead atoms. The second-order valence-electron chi connectivity index (χ2n) is 5.40. The lowest BCUT2D eigenvalue weighted by atomic mass is 10.1. The molecule has 0 aromatic carbocycles. The number of carboxylic acids is 1. The molecule has 3 N–H and O–H groups in total. The molecule has 0 spiro atoms. The van der Waals surface area contributed by atoms with Gasteiger partial charge in [0.05, 0.1) is 12.0 Å². The summed E-state index contributed by atoms with van der Waals surface area (Å²) >= 11 is 0. The van der Waals surface area contributed by atoms with E-state index < -0.39 is 11.9 Å². The molecule has 1 saturated carbocycles. The number of carbonyl (C=O) groups excluding carboxylic acids is 1. The van der Waals surface area contributed by atoms with Crippen molar-refractivity contribution in [1.29, 1.82) is 0 Å². The van der Waals surface area contributed by atoms with Crippen LogP contribution in [0.2, 0.25) is 0 Å². The highest BCUT2D eigenvalue weighted by atomic mass is 16.4. The van der Waals surface area contributed by atoms with Crippen LogP contribution in [0.3, 0.4) is 0 Å². The van der Waals surface area contributed by atoms with Gasteiger partial charge in [-0.05, 0) is 31.6 Å². The first-order valence-corrected chi connectivity index (χ1v) is 6.52. The lowest BCUT2D eigenvalue weighted by Gasteiger charge is -2.16. The van der Waals surface area contributed by atoms with E-state index in [-0.39, 0.29) is 18.1 Å². The molecule has 0 aliphatic heterocycles. The summed E-state index contributed by atoms with van der Waals surface area (Å²) in [6.45, 7) is 2.19. The van der Waals surface area contributed by atoms with Crippen LogP contribution in [0, 0.1) is 11.8 Å². The number of aliphatic carboxylic acids is 1. The van der Waals surface area contributed by atoms with Gasteiger partial charge in [-0.15, -0.1) is 0 Å². The fourth-order valence-electron chi connectivity index (χ4n) is 2.72. The lowest BCUT2D eigenvalue weighted by Crippen LogP contribution is -2.44. The molecule has 4 atom stereocenters. The van der Waals surface area contributed by atoms with Gasteiger partial charge in [-0.3, -0.25) is 4.79 Å². The Labute approximate surface area is 107 Å². The fourth-order valence-corrected chi connectivity index (χ4v) is 2.72.